The topological polar surface area (TPSA) is 92.2 Å². The highest BCUT2D eigenvalue weighted by Gasteiger charge is 2.21. The molecule has 1 heterocycles. The van der Waals surface area contributed by atoms with Gasteiger partial charge in [0.1, 0.15) is 6.04 Å². The summed E-state index contributed by atoms with van der Waals surface area (Å²) in [5.74, 6) is -1.10. The van der Waals surface area contributed by atoms with Crippen molar-refractivity contribution in [1.29, 1.82) is 0 Å². The molecule has 0 aliphatic carbocycles. The third kappa shape index (κ3) is 1.81. The molecule has 0 radical (unpaired) electrons. The van der Waals surface area contributed by atoms with E-state index in [4.69, 9.17) is 5.11 Å². The highest BCUT2D eigenvalue weighted by atomic mass is 16.4. The molecule has 18 heavy (non-hydrogen) atoms. The second-order valence-corrected chi connectivity index (χ2v) is 3.91. The lowest BCUT2D eigenvalue weighted by Crippen LogP contribution is -2.35. The predicted molar refractivity (Wildman–Crippen MR) is 65.8 cm³/mol. The molecule has 1 atom stereocenters. The van der Waals surface area contributed by atoms with Gasteiger partial charge in [-0.1, -0.05) is 19.1 Å². The van der Waals surface area contributed by atoms with E-state index in [1.807, 2.05) is 0 Å². The van der Waals surface area contributed by atoms with E-state index in [2.05, 4.69) is 4.98 Å². The van der Waals surface area contributed by atoms with E-state index in [0.717, 1.165) is 4.57 Å². The molecule has 0 fully saturated rings. The number of benzene rings is 1. The highest BCUT2D eigenvalue weighted by molar-refractivity contribution is 5.80. The molecular formula is C12H12N2O4. The number of carboxylic acids is 1. The molecule has 0 aliphatic rings. The van der Waals surface area contributed by atoms with Crippen LogP contribution >= 0.6 is 0 Å². The Kier molecular flexibility index (Phi) is 3.01. The van der Waals surface area contributed by atoms with Gasteiger partial charge < -0.3 is 5.11 Å². The summed E-state index contributed by atoms with van der Waals surface area (Å²) in [5.41, 5.74) is -0.874. The van der Waals surface area contributed by atoms with Crippen LogP contribution in [-0.2, 0) is 4.79 Å². The highest BCUT2D eigenvalue weighted by Crippen LogP contribution is 2.15. The zero-order valence-electron chi connectivity index (χ0n) is 9.71. The number of rotatable bonds is 3. The molecule has 6 heteroatoms. The van der Waals surface area contributed by atoms with Crippen molar-refractivity contribution in [2.24, 2.45) is 0 Å². The second kappa shape index (κ2) is 4.48. The van der Waals surface area contributed by atoms with Crippen LogP contribution in [-0.4, -0.2) is 20.6 Å². The van der Waals surface area contributed by atoms with Crippen LogP contribution in [0.2, 0.25) is 0 Å². The number of para-hydroxylation sites is 1. The molecule has 0 spiro atoms. The molecule has 0 amide bonds. The number of carbonyl (C=O) groups is 1. The Balaban J connectivity index is 2.90. The van der Waals surface area contributed by atoms with Gasteiger partial charge in [-0.25, -0.2) is 9.59 Å². The van der Waals surface area contributed by atoms with E-state index in [-0.39, 0.29) is 6.42 Å². The fourth-order valence-corrected chi connectivity index (χ4v) is 1.99. The van der Waals surface area contributed by atoms with Crippen LogP contribution in [0.25, 0.3) is 10.9 Å². The van der Waals surface area contributed by atoms with Crippen LogP contribution in [0.3, 0.4) is 0 Å². The average molecular weight is 248 g/mol. The Labute approximate surface area is 102 Å². The van der Waals surface area contributed by atoms with Gasteiger partial charge in [-0.15, -0.1) is 0 Å². The molecule has 0 bridgehead atoms. The van der Waals surface area contributed by atoms with Crippen LogP contribution in [0.1, 0.15) is 19.4 Å². The Bertz CT molecular complexity index is 714. The number of fused-ring (bicyclic) bond motifs is 1. The van der Waals surface area contributed by atoms with Gasteiger partial charge >= 0.3 is 11.7 Å². The van der Waals surface area contributed by atoms with Crippen LogP contribution in [0.5, 0.6) is 0 Å². The van der Waals surface area contributed by atoms with E-state index in [1.54, 1.807) is 31.2 Å². The number of hydrogen-bond acceptors (Lipinski definition) is 3. The molecule has 0 saturated carbocycles. The molecule has 0 saturated heterocycles. The van der Waals surface area contributed by atoms with Gasteiger partial charge in [0.25, 0.3) is 5.56 Å². The van der Waals surface area contributed by atoms with Crippen molar-refractivity contribution in [2.75, 3.05) is 0 Å². The lowest BCUT2D eigenvalue weighted by Gasteiger charge is -2.15. The maximum absolute atomic E-state index is 11.8. The summed E-state index contributed by atoms with van der Waals surface area (Å²) in [6.07, 6.45) is 0.255. The normalized spacial score (nSPS) is 12.5. The van der Waals surface area contributed by atoms with E-state index >= 15 is 0 Å². The van der Waals surface area contributed by atoms with Gasteiger partial charge in [-0.2, -0.15) is 0 Å². The number of aromatic amines is 1. The maximum atomic E-state index is 11.8. The fraction of sp³-hybridized carbons (Fsp3) is 0.250. The minimum atomic E-state index is -1.10. The van der Waals surface area contributed by atoms with E-state index < -0.39 is 23.3 Å². The summed E-state index contributed by atoms with van der Waals surface area (Å²) in [5, 5.41) is 9.43. The molecule has 1 unspecified atom stereocenters. The molecule has 2 rings (SSSR count). The summed E-state index contributed by atoms with van der Waals surface area (Å²) >= 11 is 0. The number of nitrogens with one attached hydrogen (secondary N) is 1. The van der Waals surface area contributed by atoms with Crippen molar-refractivity contribution in [3.05, 3.63) is 45.1 Å². The maximum Gasteiger partial charge on any atom is 0.329 e. The van der Waals surface area contributed by atoms with Crippen LogP contribution in [0.15, 0.2) is 33.9 Å². The molecule has 2 N–H and O–H groups in total. The monoisotopic (exact) mass is 248 g/mol. The number of carboxylic acid groups (broad SMARTS) is 1. The fourth-order valence-electron chi connectivity index (χ4n) is 1.99. The number of aliphatic carboxylic acids is 1. The van der Waals surface area contributed by atoms with Gasteiger partial charge in [0.2, 0.25) is 0 Å². The van der Waals surface area contributed by atoms with Crippen molar-refractivity contribution in [1.82, 2.24) is 9.55 Å². The summed E-state index contributed by atoms with van der Waals surface area (Å²) < 4.78 is 1.11. The van der Waals surface area contributed by atoms with Gasteiger partial charge in [0, 0.05) is 0 Å². The smallest absolute Gasteiger partial charge is 0.329 e. The summed E-state index contributed by atoms with van der Waals surface area (Å²) in [6, 6.07) is 5.45. The standard InChI is InChI=1S/C12H12N2O4/c1-2-8(11(16)17)14-9-6-4-3-5-7(9)10(15)13-12(14)18/h3-6,8H,2H2,1H3,(H,16,17)(H,13,15,18). The van der Waals surface area contributed by atoms with Crippen molar-refractivity contribution >= 4 is 16.9 Å². The third-order valence-corrected chi connectivity index (χ3v) is 2.83. The molecule has 2 aromatic rings. The lowest BCUT2D eigenvalue weighted by atomic mass is 10.2. The Morgan fingerprint density at radius 2 is 2.06 bits per heavy atom. The van der Waals surface area contributed by atoms with Gasteiger partial charge in [-0.3, -0.25) is 14.3 Å². The zero-order chi connectivity index (χ0) is 13.3. The molecular weight excluding hydrogens is 236 g/mol. The van der Waals surface area contributed by atoms with Gasteiger partial charge in [-0.05, 0) is 18.6 Å². The third-order valence-electron chi connectivity index (χ3n) is 2.83. The first-order chi connectivity index (χ1) is 8.56. The first-order valence-electron chi connectivity index (χ1n) is 5.52. The number of hydrogen-bond donors (Lipinski definition) is 2. The summed E-state index contributed by atoms with van der Waals surface area (Å²) in [4.78, 5) is 36.7. The molecule has 0 aliphatic heterocycles. The first-order valence-corrected chi connectivity index (χ1v) is 5.52. The Hall–Kier alpha value is -2.37. The summed E-state index contributed by atoms with van der Waals surface area (Å²) in [7, 11) is 0. The predicted octanol–water partition coefficient (Wildman–Crippen LogP) is 0.725. The number of H-pyrrole nitrogens is 1. The Morgan fingerprint density at radius 1 is 1.39 bits per heavy atom. The minimum Gasteiger partial charge on any atom is -0.480 e. The first kappa shape index (κ1) is 12.1. The van der Waals surface area contributed by atoms with E-state index in [1.165, 1.54) is 0 Å². The van der Waals surface area contributed by atoms with Gasteiger partial charge in [0.15, 0.2) is 0 Å². The molecule has 1 aromatic carbocycles. The van der Waals surface area contributed by atoms with Crippen molar-refractivity contribution in [3.63, 3.8) is 0 Å². The summed E-state index contributed by atoms with van der Waals surface area (Å²) in [6.45, 7) is 1.67. The van der Waals surface area contributed by atoms with Crippen LogP contribution in [0.4, 0.5) is 0 Å². The molecule has 1 aromatic heterocycles. The minimum absolute atomic E-state index is 0.255. The van der Waals surface area contributed by atoms with E-state index in [0.29, 0.717) is 10.9 Å². The Morgan fingerprint density at radius 3 is 2.67 bits per heavy atom. The largest absolute Gasteiger partial charge is 0.480 e. The van der Waals surface area contributed by atoms with E-state index in [9.17, 15) is 14.4 Å². The lowest BCUT2D eigenvalue weighted by molar-refractivity contribution is -0.141. The number of aromatic nitrogens is 2. The van der Waals surface area contributed by atoms with Crippen LogP contribution in [0, 0.1) is 0 Å². The van der Waals surface area contributed by atoms with Crippen molar-refractivity contribution in [2.45, 2.75) is 19.4 Å². The van der Waals surface area contributed by atoms with Crippen molar-refractivity contribution in [3.8, 4) is 0 Å². The van der Waals surface area contributed by atoms with Gasteiger partial charge in [0.05, 0.1) is 10.9 Å². The zero-order valence-corrected chi connectivity index (χ0v) is 9.71. The second-order valence-electron chi connectivity index (χ2n) is 3.91. The molecule has 6 nitrogen and oxygen atoms in total. The van der Waals surface area contributed by atoms with Crippen molar-refractivity contribution < 1.29 is 9.90 Å². The average Bonchev–Trinajstić information content (AvgIpc) is 2.34. The quantitative estimate of drug-likeness (QED) is 0.837. The van der Waals surface area contributed by atoms with Crippen LogP contribution < -0.4 is 11.2 Å². The number of nitrogens with zero attached hydrogens (tertiary/aromatic N) is 1. The SMILES string of the molecule is CCC(C(=O)O)n1c(=O)[nH]c(=O)c2ccccc21. The molecule has 94 valence electrons.